The van der Waals surface area contributed by atoms with Crippen LogP contribution in [0.5, 0.6) is 0 Å². The minimum absolute atomic E-state index is 0.183. The van der Waals surface area contributed by atoms with E-state index in [2.05, 4.69) is 12.6 Å². The normalized spacial score (nSPS) is 10.0. The Balaban J connectivity index is 2.98. The number of rotatable bonds is 3. The first-order valence-corrected chi connectivity index (χ1v) is 4.63. The summed E-state index contributed by atoms with van der Waals surface area (Å²) in [4.78, 5) is 10.1. The molecule has 4 heteroatoms. The van der Waals surface area contributed by atoms with E-state index < -0.39 is 0 Å². The molecule has 0 saturated heterocycles. The molecule has 0 saturated carbocycles. The molecule has 0 heterocycles. The Bertz CT molecular complexity index is 325. The molecule has 3 nitrogen and oxygen atoms in total. The molecule has 1 aromatic rings. The molecule has 0 N–H and O–H groups in total. The average Bonchev–Trinajstić information content (AvgIpc) is 2.04. The molecule has 0 aliphatic rings. The van der Waals surface area contributed by atoms with Gasteiger partial charge >= 0.3 is 0 Å². The zero-order valence-corrected chi connectivity index (χ0v) is 8.25. The highest BCUT2D eigenvalue weighted by atomic mass is 32.1. The standard InChI is InChI=1S/C9H11NO2S/c1-7-6-8(4-5-13)2-3-9(7)10(11)12/h2-3,6,13H,4-5H2,1H3. The van der Waals surface area contributed by atoms with Gasteiger partial charge in [-0.15, -0.1) is 0 Å². The molecule has 0 bridgehead atoms. The van der Waals surface area contributed by atoms with Gasteiger partial charge in [0.2, 0.25) is 0 Å². The fraction of sp³-hybridized carbons (Fsp3) is 0.333. The van der Waals surface area contributed by atoms with E-state index in [1.54, 1.807) is 19.1 Å². The number of nitro benzene ring substituents is 1. The highest BCUT2D eigenvalue weighted by Crippen LogP contribution is 2.18. The van der Waals surface area contributed by atoms with Crippen molar-refractivity contribution in [3.8, 4) is 0 Å². The van der Waals surface area contributed by atoms with Crippen LogP contribution in [-0.4, -0.2) is 10.7 Å². The van der Waals surface area contributed by atoms with Crippen LogP contribution in [0.1, 0.15) is 11.1 Å². The lowest BCUT2D eigenvalue weighted by atomic mass is 10.1. The summed E-state index contributed by atoms with van der Waals surface area (Å²) in [7, 11) is 0. The summed E-state index contributed by atoms with van der Waals surface area (Å²) in [6.45, 7) is 1.75. The molecular weight excluding hydrogens is 186 g/mol. The van der Waals surface area contributed by atoms with E-state index in [1.807, 2.05) is 6.07 Å². The number of hydrogen-bond donors (Lipinski definition) is 1. The monoisotopic (exact) mass is 197 g/mol. The Morgan fingerprint density at radius 3 is 2.69 bits per heavy atom. The van der Waals surface area contributed by atoms with E-state index in [0.29, 0.717) is 5.56 Å². The van der Waals surface area contributed by atoms with Crippen molar-refractivity contribution < 1.29 is 4.92 Å². The van der Waals surface area contributed by atoms with Gasteiger partial charge in [-0.2, -0.15) is 12.6 Å². The van der Waals surface area contributed by atoms with Crippen molar-refractivity contribution in [2.24, 2.45) is 0 Å². The Morgan fingerprint density at radius 2 is 2.23 bits per heavy atom. The maximum absolute atomic E-state index is 10.5. The van der Waals surface area contributed by atoms with Crippen molar-refractivity contribution in [1.82, 2.24) is 0 Å². The number of aryl methyl sites for hydroxylation is 2. The van der Waals surface area contributed by atoms with E-state index in [9.17, 15) is 10.1 Å². The largest absolute Gasteiger partial charge is 0.272 e. The topological polar surface area (TPSA) is 43.1 Å². The molecule has 0 spiro atoms. The summed E-state index contributed by atoms with van der Waals surface area (Å²) in [5, 5.41) is 10.5. The first kappa shape index (κ1) is 10.1. The van der Waals surface area contributed by atoms with Gasteiger partial charge in [0.05, 0.1) is 4.92 Å². The molecule has 0 amide bonds. The zero-order chi connectivity index (χ0) is 9.84. The molecule has 70 valence electrons. The van der Waals surface area contributed by atoms with Gasteiger partial charge in [0.1, 0.15) is 0 Å². The fourth-order valence-electron chi connectivity index (χ4n) is 1.21. The second-order valence-electron chi connectivity index (χ2n) is 2.85. The van der Waals surface area contributed by atoms with E-state index in [1.165, 1.54) is 0 Å². The number of benzene rings is 1. The molecular formula is C9H11NO2S. The summed E-state index contributed by atoms with van der Waals surface area (Å²) in [6.07, 6.45) is 0.849. The third-order valence-electron chi connectivity index (χ3n) is 1.86. The average molecular weight is 197 g/mol. The number of hydrogen-bond acceptors (Lipinski definition) is 3. The molecule has 0 radical (unpaired) electrons. The van der Waals surface area contributed by atoms with Gasteiger partial charge in [0, 0.05) is 11.6 Å². The first-order valence-electron chi connectivity index (χ1n) is 4.00. The predicted molar refractivity (Wildman–Crippen MR) is 55.4 cm³/mol. The van der Waals surface area contributed by atoms with Gasteiger partial charge in [-0.25, -0.2) is 0 Å². The SMILES string of the molecule is Cc1cc(CCS)ccc1[N+](=O)[O-]. The molecule has 0 aliphatic heterocycles. The fourth-order valence-corrected chi connectivity index (χ4v) is 1.47. The van der Waals surface area contributed by atoms with Crippen LogP contribution in [-0.2, 0) is 6.42 Å². The van der Waals surface area contributed by atoms with Crippen LogP contribution in [0, 0.1) is 17.0 Å². The van der Waals surface area contributed by atoms with Gasteiger partial charge in [-0.1, -0.05) is 6.07 Å². The quantitative estimate of drug-likeness (QED) is 0.459. The van der Waals surface area contributed by atoms with Crippen LogP contribution in [0.15, 0.2) is 18.2 Å². The number of nitrogens with zero attached hydrogens (tertiary/aromatic N) is 1. The van der Waals surface area contributed by atoms with Gasteiger partial charge < -0.3 is 0 Å². The van der Waals surface area contributed by atoms with Crippen LogP contribution >= 0.6 is 12.6 Å². The summed E-state index contributed by atoms with van der Waals surface area (Å²) in [5.74, 6) is 0.761. The summed E-state index contributed by atoms with van der Waals surface area (Å²) in [6, 6.07) is 5.17. The second kappa shape index (κ2) is 4.28. The third-order valence-corrected chi connectivity index (χ3v) is 2.08. The van der Waals surface area contributed by atoms with E-state index >= 15 is 0 Å². The third kappa shape index (κ3) is 2.45. The molecule has 13 heavy (non-hydrogen) atoms. The maximum Gasteiger partial charge on any atom is 0.272 e. The molecule has 0 atom stereocenters. The molecule has 0 aromatic heterocycles. The minimum atomic E-state index is -0.361. The highest BCUT2D eigenvalue weighted by Gasteiger charge is 2.09. The minimum Gasteiger partial charge on any atom is -0.258 e. The Labute approximate surface area is 82.3 Å². The van der Waals surface area contributed by atoms with Crippen molar-refractivity contribution in [3.05, 3.63) is 39.4 Å². The lowest BCUT2D eigenvalue weighted by Crippen LogP contribution is -1.93. The molecule has 0 unspecified atom stereocenters. The van der Waals surface area contributed by atoms with Crippen LogP contribution in [0.3, 0.4) is 0 Å². The van der Waals surface area contributed by atoms with E-state index in [0.717, 1.165) is 17.7 Å². The first-order chi connectivity index (χ1) is 6.15. The van der Waals surface area contributed by atoms with Crippen molar-refractivity contribution in [3.63, 3.8) is 0 Å². The highest BCUT2D eigenvalue weighted by molar-refractivity contribution is 7.80. The Morgan fingerprint density at radius 1 is 1.54 bits per heavy atom. The summed E-state index contributed by atoms with van der Waals surface area (Å²) >= 11 is 4.10. The smallest absolute Gasteiger partial charge is 0.258 e. The van der Waals surface area contributed by atoms with Crippen LogP contribution < -0.4 is 0 Å². The zero-order valence-electron chi connectivity index (χ0n) is 7.36. The van der Waals surface area contributed by atoms with Gasteiger partial charge in [0.25, 0.3) is 5.69 Å². The van der Waals surface area contributed by atoms with Gasteiger partial charge in [0.15, 0.2) is 0 Å². The second-order valence-corrected chi connectivity index (χ2v) is 3.30. The van der Waals surface area contributed by atoms with Crippen LogP contribution in [0.4, 0.5) is 5.69 Å². The van der Waals surface area contributed by atoms with Crippen molar-refractivity contribution in [1.29, 1.82) is 0 Å². The maximum atomic E-state index is 10.5. The summed E-state index contributed by atoms with van der Waals surface area (Å²) in [5.41, 5.74) is 1.99. The number of thiol groups is 1. The number of nitro groups is 1. The molecule has 0 aliphatic carbocycles. The van der Waals surface area contributed by atoms with Crippen molar-refractivity contribution in [2.75, 3.05) is 5.75 Å². The molecule has 1 aromatic carbocycles. The lowest BCUT2D eigenvalue weighted by Gasteiger charge is -2.00. The Hall–Kier alpha value is -1.03. The predicted octanol–water partition coefficient (Wildman–Crippen LogP) is 2.38. The Kier molecular flexibility index (Phi) is 3.31. The van der Waals surface area contributed by atoms with Crippen LogP contribution in [0.25, 0.3) is 0 Å². The lowest BCUT2D eigenvalue weighted by molar-refractivity contribution is -0.385. The van der Waals surface area contributed by atoms with E-state index in [-0.39, 0.29) is 10.6 Å². The summed E-state index contributed by atoms with van der Waals surface area (Å²) < 4.78 is 0. The van der Waals surface area contributed by atoms with E-state index in [4.69, 9.17) is 0 Å². The van der Waals surface area contributed by atoms with Gasteiger partial charge in [-0.3, -0.25) is 10.1 Å². The van der Waals surface area contributed by atoms with Crippen molar-refractivity contribution in [2.45, 2.75) is 13.3 Å². The van der Waals surface area contributed by atoms with Gasteiger partial charge in [-0.05, 0) is 30.7 Å². The van der Waals surface area contributed by atoms with Crippen LogP contribution in [0.2, 0.25) is 0 Å². The van der Waals surface area contributed by atoms with Crippen molar-refractivity contribution >= 4 is 18.3 Å². The molecule has 0 fully saturated rings. The molecule has 1 rings (SSSR count).